The summed E-state index contributed by atoms with van der Waals surface area (Å²) in [5.74, 6) is 0.895. The highest BCUT2D eigenvalue weighted by Crippen LogP contribution is 2.25. The van der Waals surface area contributed by atoms with E-state index in [2.05, 4.69) is 0 Å². The van der Waals surface area contributed by atoms with Crippen molar-refractivity contribution in [3.05, 3.63) is 96.1 Å². The topological polar surface area (TPSA) is 59.0 Å². The van der Waals surface area contributed by atoms with Gasteiger partial charge in [-0.25, -0.2) is 4.79 Å². The fourth-order valence-electron chi connectivity index (χ4n) is 3.55. The van der Waals surface area contributed by atoms with Crippen molar-refractivity contribution in [2.75, 3.05) is 6.61 Å². The van der Waals surface area contributed by atoms with Crippen molar-refractivity contribution in [3.8, 4) is 11.5 Å². The molecule has 4 rings (SSSR count). The van der Waals surface area contributed by atoms with Crippen LogP contribution >= 0.6 is 0 Å². The standard InChI is InChI=1S/C24H23NO4/c26-21-13-11-19(12-14-21)16-23(29-22-9-5-2-6-10-22)25-20(17-28-24(25)27)15-18-7-3-1-4-8-18/h1-14,20,23,26H,15-17H2/t20?,23-/m0/s1. The molecule has 0 saturated carbocycles. The minimum atomic E-state index is -0.523. The molecule has 2 atom stereocenters. The number of rotatable bonds is 7. The lowest BCUT2D eigenvalue weighted by molar-refractivity contribution is 0.0393. The quantitative estimate of drug-likeness (QED) is 0.651. The Morgan fingerprint density at radius 1 is 0.931 bits per heavy atom. The lowest BCUT2D eigenvalue weighted by atomic mass is 10.0. The normalized spacial score (nSPS) is 17.0. The SMILES string of the molecule is O=C1OCC(Cc2ccccc2)N1[C@H](Cc1ccc(O)cc1)Oc1ccccc1. The number of hydrogen-bond donors (Lipinski definition) is 1. The Morgan fingerprint density at radius 3 is 2.28 bits per heavy atom. The van der Waals surface area contributed by atoms with Crippen molar-refractivity contribution >= 4 is 6.09 Å². The number of aromatic hydroxyl groups is 1. The highest BCUT2D eigenvalue weighted by Gasteiger charge is 2.39. The lowest BCUT2D eigenvalue weighted by Gasteiger charge is -2.31. The van der Waals surface area contributed by atoms with Crippen molar-refractivity contribution in [3.63, 3.8) is 0 Å². The molecular weight excluding hydrogens is 366 g/mol. The molecule has 0 radical (unpaired) electrons. The fourth-order valence-corrected chi connectivity index (χ4v) is 3.55. The fraction of sp³-hybridized carbons (Fsp3) is 0.208. The zero-order valence-corrected chi connectivity index (χ0v) is 16.0. The average molecular weight is 389 g/mol. The smallest absolute Gasteiger partial charge is 0.413 e. The van der Waals surface area contributed by atoms with Crippen LogP contribution in [-0.4, -0.2) is 35.0 Å². The molecule has 29 heavy (non-hydrogen) atoms. The van der Waals surface area contributed by atoms with Gasteiger partial charge in [-0.2, -0.15) is 0 Å². The highest BCUT2D eigenvalue weighted by molar-refractivity contribution is 5.70. The number of ether oxygens (including phenoxy) is 2. The second-order valence-electron chi connectivity index (χ2n) is 7.08. The van der Waals surface area contributed by atoms with Gasteiger partial charge in [0.1, 0.15) is 18.1 Å². The molecular formula is C24H23NO4. The summed E-state index contributed by atoms with van der Waals surface area (Å²) in [4.78, 5) is 14.3. The zero-order valence-electron chi connectivity index (χ0n) is 16.0. The molecule has 148 valence electrons. The van der Waals surface area contributed by atoms with Gasteiger partial charge >= 0.3 is 6.09 Å². The van der Waals surface area contributed by atoms with Crippen LogP contribution < -0.4 is 4.74 Å². The van der Waals surface area contributed by atoms with E-state index in [0.29, 0.717) is 25.2 Å². The van der Waals surface area contributed by atoms with Gasteiger partial charge in [-0.3, -0.25) is 4.90 Å². The molecule has 1 heterocycles. The van der Waals surface area contributed by atoms with Gasteiger partial charge in [0.25, 0.3) is 0 Å². The Labute approximate surface area is 170 Å². The van der Waals surface area contributed by atoms with Gasteiger partial charge < -0.3 is 14.6 Å². The summed E-state index contributed by atoms with van der Waals surface area (Å²) in [7, 11) is 0. The van der Waals surface area contributed by atoms with Crippen LogP contribution in [0.4, 0.5) is 4.79 Å². The van der Waals surface area contributed by atoms with Crippen molar-refractivity contribution in [1.82, 2.24) is 4.90 Å². The summed E-state index contributed by atoms with van der Waals surface area (Å²) in [6, 6.07) is 26.4. The van der Waals surface area contributed by atoms with Gasteiger partial charge in [0.15, 0.2) is 6.23 Å². The zero-order chi connectivity index (χ0) is 20.1. The number of benzene rings is 3. The molecule has 0 aliphatic carbocycles. The summed E-state index contributed by atoms with van der Waals surface area (Å²) < 4.78 is 11.6. The largest absolute Gasteiger partial charge is 0.508 e. The highest BCUT2D eigenvalue weighted by atomic mass is 16.6. The van der Waals surface area contributed by atoms with E-state index in [0.717, 1.165) is 11.1 Å². The third-order valence-corrected chi connectivity index (χ3v) is 4.99. The van der Waals surface area contributed by atoms with Crippen LogP contribution in [0.3, 0.4) is 0 Å². The minimum absolute atomic E-state index is 0.115. The van der Waals surface area contributed by atoms with E-state index in [-0.39, 0.29) is 17.9 Å². The number of amides is 1. The van der Waals surface area contributed by atoms with Crippen LogP contribution in [0, 0.1) is 0 Å². The molecule has 1 saturated heterocycles. The predicted molar refractivity (Wildman–Crippen MR) is 110 cm³/mol. The Bertz CT molecular complexity index is 928. The number of phenols is 1. The molecule has 0 bridgehead atoms. The molecule has 1 aliphatic rings. The molecule has 3 aromatic carbocycles. The van der Waals surface area contributed by atoms with Gasteiger partial charge in [0.2, 0.25) is 0 Å². The maximum absolute atomic E-state index is 12.6. The Hall–Kier alpha value is -3.47. The molecule has 1 unspecified atom stereocenters. The Morgan fingerprint density at radius 2 is 1.59 bits per heavy atom. The maximum Gasteiger partial charge on any atom is 0.413 e. The van der Waals surface area contributed by atoms with Crippen LogP contribution in [0.1, 0.15) is 11.1 Å². The maximum atomic E-state index is 12.6. The van der Waals surface area contributed by atoms with Crippen molar-refractivity contribution in [2.45, 2.75) is 25.1 Å². The van der Waals surface area contributed by atoms with E-state index < -0.39 is 6.23 Å². The first-order valence-electron chi connectivity index (χ1n) is 9.67. The first-order chi connectivity index (χ1) is 14.2. The van der Waals surface area contributed by atoms with Crippen LogP contribution in [-0.2, 0) is 17.6 Å². The van der Waals surface area contributed by atoms with Crippen LogP contribution in [0.5, 0.6) is 11.5 Å². The van der Waals surface area contributed by atoms with E-state index >= 15 is 0 Å². The Kier molecular flexibility index (Phi) is 5.66. The summed E-state index contributed by atoms with van der Waals surface area (Å²) in [5, 5.41) is 9.57. The monoisotopic (exact) mass is 389 g/mol. The van der Waals surface area contributed by atoms with E-state index in [9.17, 15) is 9.90 Å². The van der Waals surface area contributed by atoms with Gasteiger partial charge in [-0.1, -0.05) is 60.7 Å². The van der Waals surface area contributed by atoms with E-state index in [1.807, 2.05) is 72.8 Å². The van der Waals surface area contributed by atoms with E-state index in [1.54, 1.807) is 17.0 Å². The lowest BCUT2D eigenvalue weighted by Crippen LogP contribution is -2.47. The van der Waals surface area contributed by atoms with Crippen molar-refractivity contribution in [2.24, 2.45) is 0 Å². The summed E-state index contributed by atoms with van der Waals surface area (Å²) >= 11 is 0. The number of phenolic OH excluding ortho intramolecular Hbond substituents is 1. The number of cyclic esters (lactones) is 1. The van der Waals surface area contributed by atoms with Crippen molar-refractivity contribution in [1.29, 1.82) is 0 Å². The second kappa shape index (κ2) is 8.69. The third-order valence-electron chi connectivity index (χ3n) is 4.99. The molecule has 1 aliphatic heterocycles. The number of para-hydroxylation sites is 1. The Balaban J connectivity index is 1.60. The van der Waals surface area contributed by atoms with Crippen molar-refractivity contribution < 1.29 is 19.4 Å². The first-order valence-corrected chi connectivity index (χ1v) is 9.67. The number of nitrogens with zero attached hydrogens (tertiary/aromatic N) is 1. The van der Waals surface area contributed by atoms with Crippen LogP contribution in [0.15, 0.2) is 84.9 Å². The molecule has 3 aromatic rings. The predicted octanol–water partition coefficient (Wildman–Crippen LogP) is 4.40. The second-order valence-corrected chi connectivity index (χ2v) is 7.08. The summed E-state index contributed by atoms with van der Waals surface area (Å²) in [6.45, 7) is 0.331. The van der Waals surface area contributed by atoms with Gasteiger partial charge in [-0.15, -0.1) is 0 Å². The molecule has 5 nitrogen and oxygen atoms in total. The van der Waals surface area contributed by atoms with Gasteiger partial charge in [0, 0.05) is 6.42 Å². The third kappa shape index (κ3) is 4.69. The number of carbonyl (C=O) groups excluding carboxylic acids is 1. The van der Waals surface area contributed by atoms with E-state index in [4.69, 9.17) is 9.47 Å². The summed E-state index contributed by atoms with van der Waals surface area (Å²) in [6.07, 6.45) is 0.281. The van der Waals surface area contributed by atoms with Crippen LogP contribution in [0.25, 0.3) is 0 Å². The number of hydrogen-bond acceptors (Lipinski definition) is 4. The summed E-state index contributed by atoms with van der Waals surface area (Å²) in [5.41, 5.74) is 2.10. The van der Waals surface area contributed by atoms with E-state index in [1.165, 1.54) is 0 Å². The molecule has 1 fully saturated rings. The average Bonchev–Trinajstić information content (AvgIpc) is 3.10. The molecule has 1 amide bonds. The van der Waals surface area contributed by atoms with Gasteiger partial charge in [-0.05, 0) is 41.8 Å². The molecule has 0 spiro atoms. The first kappa shape index (κ1) is 18.9. The molecule has 5 heteroatoms. The minimum Gasteiger partial charge on any atom is -0.508 e. The van der Waals surface area contributed by atoms with Gasteiger partial charge in [0.05, 0.1) is 6.04 Å². The molecule has 0 aromatic heterocycles. The number of carbonyl (C=O) groups is 1. The molecule has 1 N–H and O–H groups in total. The van der Waals surface area contributed by atoms with Crippen LogP contribution in [0.2, 0.25) is 0 Å².